The molecule has 1 aliphatic carbocycles. The Bertz CT molecular complexity index is 1610. The molecule has 3 aliphatic rings. The first-order valence-electron chi connectivity index (χ1n) is 17.1. The lowest BCUT2D eigenvalue weighted by Crippen LogP contribution is -2.63. The van der Waals surface area contributed by atoms with Crippen molar-refractivity contribution in [2.24, 2.45) is 17.4 Å². The topological polar surface area (TPSA) is 233 Å². The molecule has 15 nitrogen and oxygen atoms in total. The number of nitrogens with two attached hydrogens (primary N) is 2. The minimum atomic E-state index is -1.50. The van der Waals surface area contributed by atoms with Gasteiger partial charge in [-0.15, -0.1) is 5.10 Å². The molecule has 270 valence electrons. The molecule has 1 saturated carbocycles. The summed E-state index contributed by atoms with van der Waals surface area (Å²) in [6, 6.07) is 3.08. The molecule has 0 radical (unpaired) electrons. The van der Waals surface area contributed by atoms with Gasteiger partial charge >= 0.3 is 0 Å². The number of benzene rings is 1. The molecule has 2 aromatic rings. The van der Waals surface area contributed by atoms with Gasteiger partial charge < -0.3 is 32.1 Å². The number of nitrogens with zero attached hydrogens (tertiary/aromatic N) is 4. The number of thioether (sulfide) groups is 1. The third-order valence-corrected chi connectivity index (χ3v) is 11.1. The third-order valence-electron chi connectivity index (χ3n) is 10.1. The molecule has 1 unspecified atom stereocenters. The van der Waals surface area contributed by atoms with Gasteiger partial charge in [0.1, 0.15) is 23.2 Å². The van der Waals surface area contributed by atoms with Crippen LogP contribution in [0.5, 0.6) is 0 Å². The van der Waals surface area contributed by atoms with Gasteiger partial charge in [-0.3, -0.25) is 28.8 Å². The highest BCUT2D eigenvalue weighted by atomic mass is 32.2. The highest BCUT2D eigenvalue weighted by Gasteiger charge is 2.49. The Balaban J connectivity index is 1.48. The summed E-state index contributed by atoms with van der Waals surface area (Å²) in [5.74, 6) is -3.10. The van der Waals surface area contributed by atoms with E-state index in [0.717, 1.165) is 32.1 Å². The molecule has 3 heterocycles. The number of carbonyl (C=O) groups is 6. The van der Waals surface area contributed by atoms with Crippen LogP contribution in [0.4, 0.5) is 0 Å². The van der Waals surface area contributed by atoms with Crippen molar-refractivity contribution in [1.82, 2.24) is 30.5 Å². The normalized spacial score (nSPS) is 21.6. The average Bonchev–Trinajstić information content (AvgIpc) is 3.77. The molecular weight excluding hydrogens is 664 g/mol. The fraction of sp³-hybridized carbons (Fsp3) is 0.588. The molecule has 3 atom stereocenters. The van der Waals surface area contributed by atoms with E-state index in [9.17, 15) is 33.9 Å². The van der Waals surface area contributed by atoms with Crippen LogP contribution in [-0.4, -0.2) is 96.0 Å². The van der Waals surface area contributed by atoms with Gasteiger partial charge in [0.2, 0.25) is 23.5 Å². The van der Waals surface area contributed by atoms with Crippen LogP contribution in [0.25, 0.3) is 0 Å². The standard InChI is InChI=1S/C34H46N8O7S/c1-33(2,49)26-18-37-40-42(26)23-17-25(31(47)39-34(27(43)29(36)45)12-14-50-15-13-34)41(19-23)32(48)24(16-20-6-4-3-5-7-20)38-30(46)22-10-8-21(9-11-22)28(35)44/h8-11,18,20,23-25,49H,3-7,12-17,19H2,1-2H3,(H2,35,44)(H2,36,45)(H,38,46)(H,39,47)/t23-,24?,25-/m0/s1. The van der Waals surface area contributed by atoms with Crippen molar-refractivity contribution < 1.29 is 33.9 Å². The highest BCUT2D eigenvalue weighted by Crippen LogP contribution is 2.35. The molecule has 5 rings (SSSR count). The molecule has 5 amide bonds. The Kier molecular flexibility index (Phi) is 11.3. The molecule has 1 aromatic heterocycles. The van der Waals surface area contributed by atoms with E-state index in [2.05, 4.69) is 20.9 Å². The van der Waals surface area contributed by atoms with Crippen LogP contribution in [0.15, 0.2) is 30.5 Å². The molecule has 0 spiro atoms. The average molecular weight is 711 g/mol. The van der Waals surface area contributed by atoms with Crippen molar-refractivity contribution in [2.45, 2.75) is 101 Å². The second-order valence-electron chi connectivity index (χ2n) is 14.1. The van der Waals surface area contributed by atoms with E-state index >= 15 is 0 Å². The van der Waals surface area contributed by atoms with Gasteiger partial charge in [-0.2, -0.15) is 11.8 Å². The maximum absolute atomic E-state index is 14.7. The van der Waals surface area contributed by atoms with Crippen LogP contribution < -0.4 is 22.1 Å². The van der Waals surface area contributed by atoms with Crippen LogP contribution in [-0.2, 0) is 24.8 Å². The molecule has 1 aromatic carbocycles. The number of hydrogen-bond donors (Lipinski definition) is 5. The van der Waals surface area contributed by atoms with Gasteiger partial charge in [0.05, 0.1) is 17.9 Å². The van der Waals surface area contributed by atoms with Gasteiger partial charge in [0.25, 0.3) is 11.8 Å². The van der Waals surface area contributed by atoms with Gasteiger partial charge in [0, 0.05) is 24.1 Å². The zero-order valence-corrected chi connectivity index (χ0v) is 29.2. The van der Waals surface area contributed by atoms with E-state index in [1.807, 2.05) is 0 Å². The number of aliphatic hydroxyl groups is 1. The third kappa shape index (κ3) is 8.18. The molecule has 7 N–H and O–H groups in total. The number of ketones is 1. The molecule has 3 fully saturated rings. The zero-order valence-electron chi connectivity index (χ0n) is 28.4. The number of rotatable bonds is 12. The van der Waals surface area contributed by atoms with E-state index in [4.69, 9.17) is 11.5 Å². The number of aromatic nitrogens is 3. The van der Waals surface area contributed by atoms with E-state index in [-0.39, 0.29) is 42.9 Å². The Morgan fingerprint density at radius 3 is 2.26 bits per heavy atom. The Labute approximate surface area is 294 Å². The number of primary amides is 2. The predicted molar refractivity (Wildman–Crippen MR) is 183 cm³/mol. The molecule has 0 bridgehead atoms. The quantitative estimate of drug-likeness (QED) is 0.196. The Morgan fingerprint density at radius 1 is 1.02 bits per heavy atom. The number of carbonyl (C=O) groups excluding carboxylic acids is 6. The first-order valence-corrected chi connectivity index (χ1v) is 18.2. The summed E-state index contributed by atoms with van der Waals surface area (Å²) < 4.78 is 1.50. The maximum Gasteiger partial charge on any atom is 0.287 e. The lowest BCUT2D eigenvalue weighted by atomic mass is 9.84. The predicted octanol–water partition coefficient (Wildman–Crippen LogP) is 0.952. The maximum atomic E-state index is 14.7. The van der Waals surface area contributed by atoms with E-state index in [1.54, 1.807) is 25.6 Å². The summed E-state index contributed by atoms with van der Waals surface area (Å²) in [6.45, 7) is 3.16. The number of Topliss-reactive ketones (excluding diaryl/α,β-unsaturated/α-hetero) is 1. The van der Waals surface area contributed by atoms with E-state index in [1.165, 1.54) is 40.0 Å². The van der Waals surface area contributed by atoms with Gasteiger partial charge in [-0.1, -0.05) is 37.3 Å². The Hall–Kier alpha value is -4.31. The number of likely N-dealkylation sites (tertiary alicyclic amines) is 1. The summed E-state index contributed by atoms with van der Waals surface area (Å²) in [5, 5.41) is 24.8. The largest absolute Gasteiger partial charge is 0.384 e. The van der Waals surface area contributed by atoms with Gasteiger partial charge in [-0.25, -0.2) is 4.68 Å². The van der Waals surface area contributed by atoms with Crippen molar-refractivity contribution in [3.8, 4) is 0 Å². The lowest BCUT2D eigenvalue weighted by Gasteiger charge is -2.37. The van der Waals surface area contributed by atoms with Crippen LogP contribution >= 0.6 is 11.8 Å². The molecule has 16 heteroatoms. The highest BCUT2D eigenvalue weighted by molar-refractivity contribution is 7.99. The number of hydrogen-bond acceptors (Lipinski definition) is 10. The molecular formula is C34H46N8O7S. The van der Waals surface area contributed by atoms with Crippen LogP contribution in [0.3, 0.4) is 0 Å². The molecule has 50 heavy (non-hydrogen) atoms. The first-order chi connectivity index (χ1) is 23.7. The summed E-state index contributed by atoms with van der Waals surface area (Å²) in [6.07, 6.45) is 7.14. The summed E-state index contributed by atoms with van der Waals surface area (Å²) in [4.78, 5) is 80.7. The molecule has 2 saturated heterocycles. The van der Waals surface area contributed by atoms with Crippen LogP contribution in [0.1, 0.15) is 104 Å². The fourth-order valence-corrected chi connectivity index (χ4v) is 8.51. The van der Waals surface area contributed by atoms with Crippen molar-refractivity contribution in [3.05, 3.63) is 47.3 Å². The van der Waals surface area contributed by atoms with Crippen molar-refractivity contribution in [1.29, 1.82) is 0 Å². The second kappa shape index (κ2) is 15.3. The first kappa shape index (κ1) is 37.0. The van der Waals surface area contributed by atoms with Gasteiger partial charge in [0.15, 0.2) is 0 Å². The minimum absolute atomic E-state index is 0.000321. The van der Waals surface area contributed by atoms with Crippen LogP contribution in [0, 0.1) is 5.92 Å². The smallest absolute Gasteiger partial charge is 0.287 e. The number of nitrogens with one attached hydrogen (secondary N) is 2. The monoisotopic (exact) mass is 710 g/mol. The van der Waals surface area contributed by atoms with Crippen LogP contribution in [0.2, 0.25) is 0 Å². The van der Waals surface area contributed by atoms with Gasteiger partial charge in [-0.05, 0) is 74.8 Å². The Morgan fingerprint density at radius 2 is 1.66 bits per heavy atom. The minimum Gasteiger partial charge on any atom is -0.384 e. The summed E-state index contributed by atoms with van der Waals surface area (Å²) in [7, 11) is 0. The second-order valence-corrected chi connectivity index (χ2v) is 15.3. The fourth-order valence-electron chi connectivity index (χ4n) is 7.32. The lowest BCUT2D eigenvalue weighted by molar-refractivity contribution is -0.145. The molecule has 2 aliphatic heterocycles. The van der Waals surface area contributed by atoms with E-state index < -0.39 is 64.6 Å². The number of amides is 5. The van der Waals surface area contributed by atoms with Crippen molar-refractivity contribution in [2.75, 3.05) is 18.1 Å². The zero-order chi connectivity index (χ0) is 36.2. The SMILES string of the molecule is CC(C)(O)c1cnnn1[C@H]1C[C@@H](C(=O)NC2(C(=O)C(N)=O)CCSCC2)N(C(=O)C(CC2CCCCC2)NC(=O)c2ccc(C(N)=O)cc2)C1. The summed E-state index contributed by atoms with van der Waals surface area (Å²) in [5.41, 5.74) is 8.79. The van der Waals surface area contributed by atoms with Crippen molar-refractivity contribution in [3.63, 3.8) is 0 Å². The van der Waals surface area contributed by atoms with E-state index in [0.29, 0.717) is 23.6 Å². The summed E-state index contributed by atoms with van der Waals surface area (Å²) >= 11 is 1.59. The van der Waals surface area contributed by atoms with Crippen molar-refractivity contribution >= 4 is 47.1 Å².